The third-order valence-electron chi connectivity index (χ3n) is 16.9. The summed E-state index contributed by atoms with van der Waals surface area (Å²) in [6.07, 6.45) is 44.9. The van der Waals surface area contributed by atoms with E-state index in [0.29, 0.717) is 31.6 Å². The van der Waals surface area contributed by atoms with Crippen LogP contribution in [0.25, 0.3) is 0 Å². The van der Waals surface area contributed by atoms with Gasteiger partial charge in [0.15, 0.2) is 12.2 Å². The molecule has 0 aromatic carbocycles. The van der Waals surface area contributed by atoms with Crippen molar-refractivity contribution in [2.75, 3.05) is 39.6 Å². The molecule has 0 heterocycles. The molecule has 6 atom stereocenters. The van der Waals surface area contributed by atoms with Crippen molar-refractivity contribution in [3.63, 3.8) is 0 Å². The number of hydrogen-bond donors (Lipinski definition) is 3. The van der Waals surface area contributed by atoms with E-state index in [4.69, 9.17) is 37.0 Å². The number of unbranched alkanes of at least 4 members (excludes halogenated alkanes) is 34. The van der Waals surface area contributed by atoms with Crippen LogP contribution in [0.4, 0.5) is 0 Å². The lowest BCUT2D eigenvalue weighted by atomic mass is 10.00. The van der Waals surface area contributed by atoms with E-state index in [1.165, 1.54) is 161 Å². The van der Waals surface area contributed by atoms with E-state index in [-0.39, 0.29) is 25.7 Å². The second-order valence-electron chi connectivity index (χ2n) is 27.6. The number of hydrogen-bond acceptors (Lipinski definition) is 15. The minimum absolute atomic E-state index is 0.102. The molecule has 0 rings (SSSR count). The van der Waals surface area contributed by atoms with Crippen LogP contribution in [0.2, 0.25) is 0 Å². The maximum Gasteiger partial charge on any atom is 0.472 e. The first-order valence-corrected chi connectivity index (χ1v) is 40.2. The second-order valence-corrected chi connectivity index (χ2v) is 30.6. The zero-order chi connectivity index (χ0) is 67.5. The summed E-state index contributed by atoms with van der Waals surface area (Å²) in [7, 11) is -9.90. The quantitative estimate of drug-likeness (QED) is 0.0222. The SMILES string of the molecule is CCC(C)CCCCCCCCC(=O)O[C@H](COC(=O)CCCCCCCCCCC(C)C)COP(=O)(O)OCC(O)COP(=O)(O)OC[C@@H](COC(=O)CCCCCCCCCCCCCCCCCCCCC(C)C)OC(=O)CCCCCCCCC(C)C. The van der Waals surface area contributed by atoms with Crippen molar-refractivity contribution in [1.82, 2.24) is 0 Å². The summed E-state index contributed by atoms with van der Waals surface area (Å²) in [6, 6.07) is 0. The van der Waals surface area contributed by atoms with Crippen molar-refractivity contribution in [2.45, 2.75) is 375 Å². The van der Waals surface area contributed by atoms with E-state index in [0.717, 1.165) is 108 Å². The molecule has 91 heavy (non-hydrogen) atoms. The van der Waals surface area contributed by atoms with E-state index in [2.05, 4.69) is 55.4 Å². The molecule has 19 heteroatoms. The summed E-state index contributed by atoms with van der Waals surface area (Å²) in [5, 5.41) is 10.6. The summed E-state index contributed by atoms with van der Waals surface area (Å²) in [5.74, 6) is 0.803. The summed E-state index contributed by atoms with van der Waals surface area (Å²) >= 11 is 0. The molecule has 0 aliphatic carbocycles. The molecule has 0 spiro atoms. The number of carbonyl (C=O) groups excluding carboxylic acids is 4. The third-order valence-corrected chi connectivity index (χ3v) is 18.8. The fourth-order valence-corrected chi connectivity index (χ4v) is 12.4. The maximum atomic E-state index is 13.0. The minimum Gasteiger partial charge on any atom is -0.462 e. The van der Waals surface area contributed by atoms with Gasteiger partial charge in [0.2, 0.25) is 0 Å². The van der Waals surface area contributed by atoms with Gasteiger partial charge in [-0.05, 0) is 49.4 Å². The highest BCUT2D eigenvalue weighted by molar-refractivity contribution is 7.47. The molecule has 0 aromatic heterocycles. The van der Waals surface area contributed by atoms with Crippen molar-refractivity contribution in [2.24, 2.45) is 23.7 Å². The van der Waals surface area contributed by atoms with Gasteiger partial charge in [0.25, 0.3) is 0 Å². The predicted octanol–water partition coefficient (Wildman–Crippen LogP) is 20.5. The summed E-state index contributed by atoms with van der Waals surface area (Å²) in [5.41, 5.74) is 0. The van der Waals surface area contributed by atoms with Crippen LogP contribution < -0.4 is 0 Å². The molecule has 0 saturated carbocycles. The van der Waals surface area contributed by atoms with Crippen molar-refractivity contribution in [1.29, 1.82) is 0 Å². The number of ether oxygens (including phenoxy) is 4. The summed E-state index contributed by atoms with van der Waals surface area (Å²) in [4.78, 5) is 72.5. The normalized spacial score (nSPS) is 14.5. The number of rotatable bonds is 69. The monoisotopic (exact) mass is 1340 g/mol. The molecule has 17 nitrogen and oxygen atoms in total. The van der Waals surface area contributed by atoms with Gasteiger partial charge in [0.05, 0.1) is 26.4 Å². The Hall–Kier alpha value is -1.94. The first-order valence-electron chi connectivity index (χ1n) is 37.2. The Balaban J connectivity index is 5.11. The molecule has 0 aliphatic rings. The molecular weight excluding hydrogens is 1200 g/mol. The summed E-state index contributed by atoms with van der Waals surface area (Å²) < 4.78 is 68.2. The van der Waals surface area contributed by atoms with Crippen LogP contribution >= 0.6 is 15.6 Å². The van der Waals surface area contributed by atoms with Gasteiger partial charge in [-0.25, -0.2) is 9.13 Å². The van der Waals surface area contributed by atoms with Gasteiger partial charge >= 0.3 is 39.5 Å². The Morgan fingerprint density at radius 2 is 0.527 bits per heavy atom. The average Bonchev–Trinajstić information content (AvgIpc) is 3.39. The van der Waals surface area contributed by atoms with Gasteiger partial charge in [0, 0.05) is 25.7 Å². The van der Waals surface area contributed by atoms with Crippen LogP contribution in [0.1, 0.15) is 357 Å². The summed E-state index contributed by atoms with van der Waals surface area (Å²) in [6.45, 7) is 14.0. The van der Waals surface area contributed by atoms with Crippen molar-refractivity contribution < 1.29 is 80.2 Å². The number of phosphoric ester groups is 2. The Morgan fingerprint density at radius 3 is 0.780 bits per heavy atom. The molecule has 540 valence electrons. The van der Waals surface area contributed by atoms with Gasteiger partial charge in [-0.2, -0.15) is 0 Å². The molecule has 3 N–H and O–H groups in total. The molecule has 0 radical (unpaired) electrons. The van der Waals surface area contributed by atoms with Gasteiger partial charge in [-0.1, -0.05) is 306 Å². The maximum absolute atomic E-state index is 13.0. The standard InChI is InChI=1S/C72H140O17P2/c1-9-65(8)51-43-35-29-31-39-47-55-72(77)89-68(59-83-70(75)53-45-37-27-23-22-25-33-41-49-63(4)5)61-87-91(80,81)85-57-66(73)56-84-90(78,79)86-60-67(88-71(76)54-46-38-30-28-34-42-50-64(6)7)58-82-69(74)52-44-36-26-21-19-17-15-13-11-10-12-14-16-18-20-24-32-40-48-62(2)3/h62-68,73H,9-61H2,1-8H3,(H,78,79)(H,80,81)/t65?,66?,67-,68-/m1/s1. The second kappa shape index (κ2) is 61.6. The first kappa shape index (κ1) is 89.1. The smallest absolute Gasteiger partial charge is 0.462 e. The van der Waals surface area contributed by atoms with E-state index in [9.17, 15) is 43.2 Å². The molecule has 0 aromatic rings. The predicted molar refractivity (Wildman–Crippen MR) is 367 cm³/mol. The van der Waals surface area contributed by atoms with Crippen LogP contribution in [0.3, 0.4) is 0 Å². The van der Waals surface area contributed by atoms with Crippen LogP contribution in [-0.4, -0.2) is 96.7 Å². The highest BCUT2D eigenvalue weighted by Gasteiger charge is 2.30. The van der Waals surface area contributed by atoms with Crippen LogP contribution in [0.15, 0.2) is 0 Å². The lowest BCUT2D eigenvalue weighted by Gasteiger charge is -2.21. The average molecular weight is 1340 g/mol. The van der Waals surface area contributed by atoms with Gasteiger partial charge in [-0.3, -0.25) is 37.3 Å². The van der Waals surface area contributed by atoms with Crippen LogP contribution in [0, 0.1) is 23.7 Å². The first-order chi connectivity index (χ1) is 43.6. The zero-order valence-electron chi connectivity index (χ0n) is 59.5. The Morgan fingerprint density at radius 1 is 0.308 bits per heavy atom. The molecule has 0 amide bonds. The van der Waals surface area contributed by atoms with E-state index in [1.54, 1.807) is 0 Å². The van der Waals surface area contributed by atoms with E-state index in [1.807, 2.05) is 0 Å². The topological polar surface area (TPSA) is 237 Å². The molecular formula is C72H140O17P2. The fraction of sp³-hybridized carbons (Fsp3) is 0.944. The van der Waals surface area contributed by atoms with Gasteiger partial charge < -0.3 is 33.8 Å². The fourth-order valence-electron chi connectivity index (χ4n) is 10.8. The third kappa shape index (κ3) is 65.1. The Kier molecular flexibility index (Phi) is 60.3. The highest BCUT2D eigenvalue weighted by Crippen LogP contribution is 2.45. The zero-order valence-corrected chi connectivity index (χ0v) is 61.3. The molecule has 0 saturated heterocycles. The van der Waals surface area contributed by atoms with Crippen molar-refractivity contribution >= 4 is 39.5 Å². The molecule has 0 aliphatic heterocycles. The van der Waals surface area contributed by atoms with Gasteiger partial charge in [-0.15, -0.1) is 0 Å². The van der Waals surface area contributed by atoms with Crippen molar-refractivity contribution in [3.05, 3.63) is 0 Å². The van der Waals surface area contributed by atoms with Crippen molar-refractivity contribution in [3.8, 4) is 0 Å². The van der Waals surface area contributed by atoms with E-state index >= 15 is 0 Å². The van der Waals surface area contributed by atoms with Crippen LogP contribution in [0.5, 0.6) is 0 Å². The highest BCUT2D eigenvalue weighted by atomic mass is 31.2. The Bertz CT molecular complexity index is 1800. The molecule has 0 bridgehead atoms. The lowest BCUT2D eigenvalue weighted by Crippen LogP contribution is -2.30. The minimum atomic E-state index is -4.95. The lowest BCUT2D eigenvalue weighted by molar-refractivity contribution is -0.161. The van der Waals surface area contributed by atoms with Gasteiger partial charge in [0.1, 0.15) is 19.3 Å². The number of aliphatic hydroxyl groups excluding tert-OH is 1. The largest absolute Gasteiger partial charge is 0.472 e. The number of aliphatic hydroxyl groups is 1. The van der Waals surface area contributed by atoms with Crippen LogP contribution in [-0.2, 0) is 65.4 Å². The Labute approximate surface area is 556 Å². The molecule has 0 fully saturated rings. The number of carbonyl (C=O) groups is 4. The number of esters is 4. The van der Waals surface area contributed by atoms with E-state index < -0.39 is 97.5 Å². The molecule has 4 unspecified atom stereocenters. The number of phosphoric acid groups is 2.